The Hall–Kier alpha value is -3.30. The molecule has 6 atom stereocenters. The second kappa shape index (κ2) is 12.5. The summed E-state index contributed by atoms with van der Waals surface area (Å²) in [6.45, 7) is 4.22. The summed E-state index contributed by atoms with van der Waals surface area (Å²) in [5.41, 5.74) is 0.283. The average Bonchev–Trinajstić information content (AvgIpc) is 2.95. The number of anilines is 1. The Kier molecular flexibility index (Phi) is 9.26. The molecular formula is C31H42N2O7. The van der Waals surface area contributed by atoms with Gasteiger partial charge in [-0.1, -0.05) is 38.1 Å². The van der Waals surface area contributed by atoms with Gasteiger partial charge in [-0.15, -0.1) is 0 Å². The fourth-order valence-corrected chi connectivity index (χ4v) is 7.07. The van der Waals surface area contributed by atoms with Crippen molar-refractivity contribution in [2.45, 2.75) is 64.7 Å². The monoisotopic (exact) mass is 554 g/mol. The second-order valence-corrected chi connectivity index (χ2v) is 11.6. The van der Waals surface area contributed by atoms with Crippen LogP contribution < -0.4 is 20.1 Å². The summed E-state index contributed by atoms with van der Waals surface area (Å²) in [5.74, 6) is 0.842. The standard InChI is InChI=1S/C31H42N2O7/c1-30-15-14-27(40-29(37)33-21-9-7-10-22(16-21)38-3)31(2,19-34)26(30)13-12-24(35)23(30)17-28(36)32-18-20-8-5-6-11-25(20)39-4/h5-11,16,23-24,26-27,34-35H,12-15,17-19H2,1-4H3,(H,32,36)(H,33,37)/t23-,24-,26?,27-,30+,31+/m1/s1. The van der Waals surface area contributed by atoms with Crippen molar-refractivity contribution in [1.82, 2.24) is 5.32 Å². The molecule has 2 aromatic rings. The van der Waals surface area contributed by atoms with Crippen molar-refractivity contribution in [3.63, 3.8) is 0 Å². The van der Waals surface area contributed by atoms with E-state index in [0.717, 1.165) is 5.56 Å². The molecule has 0 heterocycles. The van der Waals surface area contributed by atoms with Crippen LogP contribution in [0.5, 0.6) is 11.5 Å². The predicted molar refractivity (Wildman–Crippen MR) is 151 cm³/mol. The Balaban J connectivity index is 1.45. The van der Waals surface area contributed by atoms with E-state index in [1.807, 2.05) is 31.2 Å². The van der Waals surface area contributed by atoms with Crippen LogP contribution in [-0.2, 0) is 16.1 Å². The van der Waals surface area contributed by atoms with E-state index in [-0.39, 0.29) is 30.8 Å². The number of ether oxygens (including phenoxy) is 3. The third kappa shape index (κ3) is 6.05. The van der Waals surface area contributed by atoms with Gasteiger partial charge in [0, 0.05) is 35.7 Å². The normalized spacial score (nSPS) is 29.6. The number of para-hydroxylation sites is 1. The number of carbonyl (C=O) groups is 2. The van der Waals surface area contributed by atoms with Crippen molar-refractivity contribution in [2.75, 3.05) is 26.1 Å². The van der Waals surface area contributed by atoms with Gasteiger partial charge in [0.05, 0.1) is 26.9 Å². The van der Waals surface area contributed by atoms with Crippen LogP contribution in [0.1, 0.15) is 51.5 Å². The minimum absolute atomic E-state index is 0.0520. The van der Waals surface area contributed by atoms with Gasteiger partial charge in [-0.2, -0.15) is 0 Å². The average molecular weight is 555 g/mol. The third-order valence-corrected chi connectivity index (χ3v) is 9.32. The van der Waals surface area contributed by atoms with Gasteiger partial charge in [0.2, 0.25) is 5.91 Å². The molecule has 0 spiro atoms. The van der Waals surface area contributed by atoms with E-state index >= 15 is 0 Å². The Morgan fingerprint density at radius 1 is 1.02 bits per heavy atom. The molecule has 0 radical (unpaired) electrons. The Labute approximate surface area is 236 Å². The van der Waals surface area contributed by atoms with Crippen LogP contribution in [-0.4, -0.2) is 55.2 Å². The molecule has 2 aromatic carbocycles. The summed E-state index contributed by atoms with van der Waals surface area (Å²) in [5, 5.41) is 27.5. The number of nitrogens with one attached hydrogen (secondary N) is 2. The maximum absolute atomic E-state index is 13.1. The van der Waals surface area contributed by atoms with Crippen LogP contribution in [0.15, 0.2) is 48.5 Å². The molecule has 2 amide bonds. The Morgan fingerprint density at radius 2 is 1.80 bits per heavy atom. The summed E-state index contributed by atoms with van der Waals surface area (Å²) in [6.07, 6.45) is 0.797. The van der Waals surface area contributed by atoms with E-state index in [1.54, 1.807) is 38.5 Å². The third-order valence-electron chi connectivity index (χ3n) is 9.32. The molecule has 2 aliphatic carbocycles. The molecule has 4 rings (SSSR count). The molecule has 0 aliphatic heterocycles. The van der Waals surface area contributed by atoms with Crippen molar-refractivity contribution >= 4 is 17.7 Å². The van der Waals surface area contributed by atoms with Crippen molar-refractivity contribution in [3.8, 4) is 11.5 Å². The zero-order valence-corrected chi connectivity index (χ0v) is 23.8. The summed E-state index contributed by atoms with van der Waals surface area (Å²) < 4.78 is 16.5. The van der Waals surface area contributed by atoms with E-state index in [2.05, 4.69) is 17.6 Å². The van der Waals surface area contributed by atoms with Crippen LogP contribution in [0.4, 0.5) is 10.5 Å². The predicted octanol–water partition coefficient (Wildman–Crippen LogP) is 4.51. The van der Waals surface area contributed by atoms with E-state index in [1.165, 1.54) is 0 Å². The molecule has 2 aliphatic rings. The number of amides is 2. The number of hydrogen-bond donors (Lipinski definition) is 4. The molecule has 0 bridgehead atoms. The zero-order valence-electron chi connectivity index (χ0n) is 23.8. The first-order valence-electron chi connectivity index (χ1n) is 13.9. The number of rotatable bonds is 9. The topological polar surface area (TPSA) is 126 Å². The number of aliphatic hydroxyl groups excluding tert-OH is 2. The molecule has 2 fully saturated rings. The smallest absolute Gasteiger partial charge is 0.411 e. The highest BCUT2D eigenvalue weighted by atomic mass is 16.6. The van der Waals surface area contributed by atoms with E-state index in [9.17, 15) is 19.8 Å². The summed E-state index contributed by atoms with van der Waals surface area (Å²) >= 11 is 0. The van der Waals surface area contributed by atoms with Crippen LogP contribution >= 0.6 is 0 Å². The van der Waals surface area contributed by atoms with Crippen molar-refractivity contribution in [2.24, 2.45) is 22.7 Å². The van der Waals surface area contributed by atoms with Gasteiger partial charge in [0.15, 0.2) is 0 Å². The SMILES string of the molecule is COc1cccc(NC(=O)O[C@@H]2CC[C@]3(C)C(CC[C@@H](O)[C@H]3CC(=O)NCc3ccccc3OC)[C@]2(C)CO)c1. The van der Waals surface area contributed by atoms with Crippen LogP contribution in [0.2, 0.25) is 0 Å². The first kappa shape index (κ1) is 29.7. The lowest BCUT2D eigenvalue weighted by Gasteiger charge is -2.60. The highest BCUT2D eigenvalue weighted by molar-refractivity contribution is 5.85. The maximum atomic E-state index is 13.1. The van der Waals surface area contributed by atoms with Gasteiger partial charge in [0.1, 0.15) is 17.6 Å². The quantitative estimate of drug-likeness (QED) is 0.359. The molecule has 1 unspecified atom stereocenters. The fraction of sp³-hybridized carbons (Fsp3) is 0.548. The number of hydrogen-bond acceptors (Lipinski definition) is 7. The Bertz CT molecular complexity index is 1190. The molecule has 2 saturated carbocycles. The molecule has 40 heavy (non-hydrogen) atoms. The molecule has 0 saturated heterocycles. The van der Waals surface area contributed by atoms with Gasteiger partial charge >= 0.3 is 6.09 Å². The van der Waals surface area contributed by atoms with E-state index < -0.39 is 29.1 Å². The van der Waals surface area contributed by atoms with Gasteiger partial charge in [-0.05, 0) is 61.1 Å². The first-order valence-corrected chi connectivity index (χ1v) is 13.9. The lowest BCUT2D eigenvalue weighted by Crippen LogP contribution is -2.61. The highest BCUT2D eigenvalue weighted by Crippen LogP contribution is 2.61. The molecule has 0 aromatic heterocycles. The minimum Gasteiger partial charge on any atom is -0.497 e. The van der Waals surface area contributed by atoms with Crippen LogP contribution in [0, 0.1) is 22.7 Å². The minimum atomic E-state index is -0.731. The number of fused-ring (bicyclic) bond motifs is 1. The number of methoxy groups -OCH3 is 2. The van der Waals surface area contributed by atoms with Gasteiger partial charge in [-0.3, -0.25) is 10.1 Å². The molecule has 9 heteroatoms. The van der Waals surface area contributed by atoms with Gasteiger partial charge in [0.25, 0.3) is 0 Å². The van der Waals surface area contributed by atoms with Crippen molar-refractivity contribution in [3.05, 3.63) is 54.1 Å². The van der Waals surface area contributed by atoms with E-state index in [0.29, 0.717) is 49.4 Å². The fourth-order valence-electron chi connectivity index (χ4n) is 7.07. The molecule has 218 valence electrons. The van der Waals surface area contributed by atoms with E-state index in [4.69, 9.17) is 14.2 Å². The number of aliphatic hydroxyl groups is 2. The molecule has 4 N–H and O–H groups in total. The lowest BCUT2D eigenvalue weighted by atomic mass is 9.46. The van der Waals surface area contributed by atoms with Crippen LogP contribution in [0.3, 0.4) is 0 Å². The summed E-state index contributed by atoms with van der Waals surface area (Å²) in [4.78, 5) is 26.0. The highest BCUT2D eigenvalue weighted by Gasteiger charge is 2.60. The van der Waals surface area contributed by atoms with Gasteiger partial charge < -0.3 is 29.7 Å². The van der Waals surface area contributed by atoms with Crippen molar-refractivity contribution in [1.29, 1.82) is 0 Å². The van der Waals surface area contributed by atoms with Crippen molar-refractivity contribution < 1.29 is 34.0 Å². The number of benzene rings is 2. The molecule has 9 nitrogen and oxygen atoms in total. The zero-order chi connectivity index (χ0) is 28.9. The Morgan fingerprint density at radius 3 is 2.52 bits per heavy atom. The van der Waals surface area contributed by atoms with Crippen LogP contribution in [0.25, 0.3) is 0 Å². The maximum Gasteiger partial charge on any atom is 0.411 e. The largest absolute Gasteiger partial charge is 0.497 e. The molecular weight excluding hydrogens is 512 g/mol. The lowest BCUT2D eigenvalue weighted by molar-refractivity contribution is -0.185. The summed E-state index contributed by atoms with van der Waals surface area (Å²) in [6, 6.07) is 14.6. The van der Waals surface area contributed by atoms with Gasteiger partial charge in [-0.25, -0.2) is 4.79 Å². The number of carbonyl (C=O) groups excluding carboxylic acids is 2. The first-order chi connectivity index (χ1) is 19.1. The summed E-state index contributed by atoms with van der Waals surface area (Å²) in [7, 11) is 3.16. The second-order valence-electron chi connectivity index (χ2n) is 11.6.